The van der Waals surface area contributed by atoms with Gasteiger partial charge in [-0.05, 0) is 12.8 Å². The Bertz CT molecular complexity index is 271. The van der Waals surface area contributed by atoms with Gasteiger partial charge >= 0.3 is 0 Å². The zero-order valence-corrected chi connectivity index (χ0v) is 10.8. The molecule has 0 aliphatic carbocycles. The summed E-state index contributed by atoms with van der Waals surface area (Å²) in [5.74, 6) is 0. The van der Waals surface area contributed by atoms with Crippen molar-refractivity contribution in [3.63, 3.8) is 0 Å². The lowest BCUT2D eigenvalue weighted by atomic mass is 10.2. The second kappa shape index (κ2) is 7.69. The average Bonchev–Trinajstić information content (AvgIpc) is 2.53. The Balaban J connectivity index is 0.00000196. The molecule has 1 heterocycles. The van der Waals surface area contributed by atoms with Gasteiger partial charge in [-0.25, -0.2) is 0 Å². The molecule has 0 spiro atoms. The van der Waals surface area contributed by atoms with E-state index in [-0.39, 0.29) is 12.4 Å². The highest BCUT2D eigenvalue weighted by Gasteiger charge is 2.10. The Kier molecular flexibility index (Phi) is 7.39. The molecule has 0 saturated carbocycles. The maximum atomic E-state index is 4.43. The van der Waals surface area contributed by atoms with Crippen molar-refractivity contribution in [1.29, 1.82) is 0 Å². The van der Waals surface area contributed by atoms with Crippen LogP contribution in [0.4, 0.5) is 0 Å². The third-order valence-electron chi connectivity index (χ3n) is 2.49. The molecule has 0 aromatic carbocycles. The summed E-state index contributed by atoms with van der Waals surface area (Å²) in [6.07, 6.45) is 8.29. The molecule has 0 radical (unpaired) electrons. The predicted molar refractivity (Wildman–Crippen MR) is 56.9 cm³/mol. The number of halogens is 1. The van der Waals surface area contributed by atoms with E-state index in [2.05, 4.69) is 29.9 Å². The van der Waals surface area contributed by atoms with Crippen molar-refractivity contribution >= 4 is 0 Å². The molecule has 0 amide bonds. The molecule has 0 unspecified atom stereocenters. The highest BCUT2D eigenvalue weighted by atomic mass is 35.5. The Hall–Kier alpha value is -0.570. The zero-order valence-electron chi connectivity index (χ0n) is 10.0. The normalized spacial score (nSPS) is 10.1. The van der Waals surface area contributed by atoms with Gasteiger partial charge in [0.2, 0.25) is 0 Å². The maximum absolute atomic E-state index is 4.43. The molecular weight excluding hydrogens is 210 g/mol. The van der Waals surface area contributed by atoms with Gasteiger partial charge in [0.15, 0.2) is 11.9 Å². The van der Waals surface area contributed by atoms with Gasteiger partial charge in [0.1, 0.15) is 13.6 Å². The van der Waals surface area contributed by atoms with Crippen LogP contribution in [0.1, 0.15) is 45.2 Å². The number of aromatic nitrogens is 3. The standard InChI is InChI=1S/C11H22N3.ClH/c1-4-6-8-11-10-14(9-7-5-2)12-13(11)3;/h10H,4-9H2,1-3H3;1H/q+1;/p-1. The summed E-state index contributed by atoms with van der Waals surface area (Å²) in [7, 11) is 2.04. The van der Waals surface area contributed by atoms with E-state index in [1.807, 2.05) is 11.7 Å². The Morgan fingerprint density at radius 1 is 1.27 bits per heavy atom. The fourth-order valence-corrected chi connectivity index (χ4v) is 1.52. The first kappa shape index (κ1) is 14.4. The molecule has 1 aromatic heterocycles. The molecule has 15 heavy (non-hydrogen) atoms. The van der Waals surface area contributed by atoms with Gasteiger partial charge in [0, 0.05) is 6.42 Å². The summed E-state index contributed by atoms with van der Waals surface area (Å²) < 4.78 is 4.07. The number of hydrogen-bond donors (Lipinski definition) is 0. The highest BCUT2D eigenvalue weighted by Crippen LogP contribution is 2.00. The van der Waals surface area contributed by atoms with Crippen LogP contribution in [-0.4, -0.2) is 9.90 Å². The SMILES string of the molecule is CCCCc1c[n+](CCCC)nn1C.[Cl-]. The molecule has 3 nitrogen and oxygen atoms in total. The average molecular weight is 232 g/mol. The number of hydrogen-bond acceptors (Lipinski definition) is 1. The number of aryl methyl sites for hydroxylation is 3. The molecule has 0 fully saturated rings. The van der Waals surface area contributed by atoms with Crippen molar-refractivity contribution in [2.45, 2.75) is 52.5 Å². The van der Waals surface area contributed by atoms with Crippen LogP contribution in [0.3, 0.4) is 0 Å². The van der Waals surface area contributed by atoms with Crippen LogP contribution < -0.4 is 17.1 Å². The summed E-state index contributed by atoms with van der Waals surface area (Å²) in [5, 5.41) is 4.43. The molecule has 0 bridgehead atoms. The van der Waals surface area contributed by atoms with Crippen molar-refractivity contribution in [1.82, 2.24) is 9.90 Å². The lowest BCUT2D eigenvalue weighted by molar-refractivity contribution is -0.755. The quantitative estimate of drug-likeness (QED) is 0.567. The van der Waals surface area contributed by atoms with E-state index in [4.69, 9.17) is 0 Å². The maximum Gasteiger partial charge on any atom is 0.167 e. The van der Waals surface area contributed by atoms with Crippen LogP contribution in [0, 0.1) is 0 Å². The number of unbranched alkanes of at least 4 members (excludes halogenated alkanes) is 2. The molecule has 4 heteroatoms. The monoisotopic (exact) mass is 231 g/mol. The van der Waals surface area contributed by atoms with Crippen LogP contribution in [0.2, 0.25) is 0 Å². The molecule has 1 rings (SSSR count). The molecule has 0 N–H and O–H groups in total. The molecule has 88 valence electrons. The van der Waals surface area contributed by atoms with Crippen LogP contribution in [0.15, 0.2) is 6.20 Å². The van der Waals surface area contributed by atoms with Gasteiger partial charge in [-0.1, -0.05) is 26.7 Å². The third kappa shape index (κ3) is 4.65. The number of nitrogens with zero attached hydrogens (tertiary/aromatic N) is 3. The van der Waals surface area contributed by atoms with E-state index in [0.717, 1.165) is 13.0 Å². The smallest absolute Gasteiger partial charge is 0.167 e. The van der Waals surface area contributed by atoms with E-state index in [1.165, 1.54) is 31.4 Å². The predicted octanol–water partition coefficient (Wildman–Crippen LogP) is -1.15. The zero-order chi connectivity index (χ0) is 10.4. The molecule has 1 aromatic rings. The summed E-state index contributed by atoms with van der Waals surface area (Å²) in [6.45, 7) is 5.49. The second-order valence-corrected chi connectivity index (χ2v) is 3.85. The third-order valence-corrected chi connectivity index (χ3v) is 2.49. The van der Waals surface area contributed by atoms with E-state index in [0.29, 0.717) is 0 Å². The van der Waals surface area contributed by atoms with Gasteiger partial charge in [0.05, 0.1) is 5.21 Å². The first-order valence-electron chi connectivity index (χ1n) is 5.70. The fraction of sp³-hybridized carbons (Fsp3) is 0.818. The fourth-order valence-electron chi connectivity index (χ4n) is 1.52. The first-order chi connectivity index (χ1) is 6.77. The highest BCUT2D eigenvalue weighted by molar-refractivity contribution is 4.89. The lowest BCUT2D eigenvalue weighted by Gasteiger charge is -1.90. The molecule has 0 aliphatic heterocycles. The molecular formula is C11H22ClN3. The van der Waals surface area contributed by atoms with Crippen molar-refractivity contribution in [2.75, 3.05) is 0 Å². The van der Waals surface area contributed by atoms with E-state index < -0.39 is 0 Å². The van der Waals surface area contributed by atoms with Crippen LogP contribution in [0.25, 0.3) is 0 Å². The van der Waals surface area contributed by atoms with Gasteiger partial charge in [-0.2, -0.15) is 0 Å². The second-order valence-electron chi connectivity index (χ2n) is 3.85. The first-order valence-corrected chi connectivity index (χ1v) is 5.70. The van der Waals surface area contributed by atoms with Crippen molar-refractivity contribution in [3.8, 4) is 0 Å². The van der Waals surface area contributed by atoms with Crippen molar-refractivity contribution in [3.05, 3.63) is 11.9 Å². The largest absolute Gasteiger partial charge is 1.00 e. The van der Waals surface area contributed by atoms with Crippen LogP contribution in [-0.2, 0) is 20.0 Å². The van der Waals surface area contributed by atoms with Crippen molar-refractivity contribution in [2.24, 2.45) is 7.05 Å². The minimum absolute atomic E-state index is 0. The molecule has 0 aliphatic rings. The van der Waals surface area contributed by atoms with Gasteiger partial charge in [-0.15, -0.1) is 9.36 Å². The Morgan fingerprint density at radius 3 is 2.53 bits per heavy atom. The van der Waals surface area contributed by atoms with Gasteiger partial charge < -0.3 is 12.4 Å². The van der Waals surface area contributed by atoms with Gasteiger partial charge in [0.25, 0.3) is 0 Å². The minimum atomic E-state index is 0. The van der Waals surface area contributed by atoms with Crippen molar-refractivity contribution < 1.29 is 17.1 Å². The van der Waals surface area contributed by atoms with Gasteiger partial charge in [-0.3, -0.25) is 0 Å². The van der Waals surface area contributed by atoms with Crippen LogP contribution in [0.5, 0.6) is 0 Å². The van der Waals surface area contributed by atoms with E-state index >= 15 is 0 Å². The topological polar surface area (TPSA) is 21.7 Å². The molecule has 0 saturated heterocycles. The minimum Gasteiger partial charge on any atom is -1.00 e. The summed E-state index contributed by atoms with van der Waals surface area (Å²) in [5.41, 5.74) is 1.35. The van der Waals surface area contributed by atoms with E-state index in [9.17, 15) is 0 Å². The number of rotatable bonds is 6. The Labute approximate surface area is 98.9 Å². The van der Waals surface area contributed by atoms with Crippen LogP contribution >= 0.6 is 0 Å². The lowest BCUT2D eigenvalue weighted by Crippen LogP contribution is -3.00. The summed E-state index contributed by atoms with van der Waals surface area (Å²) in [4.78, 5) is 0. The molecule has 0 atom stereocenters. The Morgan fingerprint density at radius 2 is 1.93 bits per heavy atom. The summed E-state index contributed by atoms with van der Waals surface area (Å²) >= 11 is 0. The van der Waals surface area contributed by atoms with E-state index in [1.54, 1.807) is 0 Å². The summed E-state index contributed by atoms with van der Waals surface area (Å²) in [6, 6.07) is 0.